The van der Waals surface area contributed by atoms with Crippen molar-refractivity contribution in [2.75, 3.05) is 7.11 Å². The molecular weight excluding hydrogens is 214 g/mol. The average molecular weight is 223 g/mol. The number of aromatic nitrogens is 1. The van der Waals surface area contributed by atoms with E-state index in [9.17, 15) is 4.79 Å². The number of hydrogen-bond donors (Lipinski definition) is 1. The van der Waals surface area contributed by atoms with Crippen molar-refractivity contribution in [1.82, 2.24) is 4.98 Å². The fourth-order valence-electron chi connectivity index (χ4n) is 1.44. The molecule has 0 aliphatic heterocycles. The SMILES string of the molecule is COC(=O)c1ccc(C)c2oc(=S)[nH]c12. The van der Waals surface area contributed by atoms with Crippen LogP contribution in [0.25, 0.3) is 11.1 Å². The largest absolute Gasteiger partial charge is 0.465 e. The van der Waals surface area contributed by atoms with Crippen molar-refractivity contribution < 1.29 is 13.9 Å². The zero-order valence-electron chi connectivity index (χ0n) is 8.29. The van der Waals surface area contributed by atoms with Gasteiger partial charge in [0.25, 0.3) is 4.84 Å². The molecule has 2 aromatic rings. The summed E-state index contributed by atoms with van der Waals surface area (Å²) in [4.78, 5) is 14.5. The third kappa shape index (κ3) is 1.55. The van der Waals surface area contributed by atoms with Gasteiger partial charge in [-0.05, 0) is 30.8 Å². The molecule has 2 rings (SSSR count). The number of fused-ring (bicyclic) bond motifs is 1. The molecule has 78 valence electrons. The van der Waals surface area contributed by atoms with Crippen LogP contribution in [0.3, 0.4) is 0 Å². The smallest absolute Gasteiger partial charge is 0.340 e. The summed E-state index contributed by atoms with van der Waals surface area (Å²) >= 11 is 4.88. The van der Waals surface area contributed by atoms with Crippen LogP contribution >= 0.6 is 12.2 Å². The second-order valence-electron chi connectivity index (χ2n) is 3.14. The number of H-pyrrole nitrogens is 1. The number of hydrogen-bond acceptors (Lipinski definition) is 4. The monoisotopic (exact) mass is 223 g/mol. The van der Waals surface area contributed by atoms with Crippen LogP contribution < -0.4 is 0 Å². The first kappa shape index (κ1) is 9.92. The minimum Gasteiger partial charge on any atom is -0.465 e. The highest BCUT2D eigenvalue weighted by Gasteiger charge is 2.14. The van der Waals surface area contributed by atoms with Crippen LogP contribution in [-0.4, -0.2) is 18.1 Å². The fraction of sp³-hybridized carbons (Fsp3) is 0.200. The second kappa shape index (κ2) is 3.51. The number of aryl methyl sites for hydroxylation is 1. The number of aromatic amines is 1. The molecule has 4 nitrogen and oxygen atoms in total. The molecule has 0 atom stereocenters. The normalized spacial score (nSPS) is 10.5. The van der Waals surface area contributed by atoms with E-state index in [2.05, 4.69) is 9.72 Å². The van der Waals surface area contributed by atoms with Gasteiger partial charge in [0.15, 0.2) is 5.58 Å². The molecule has 0 radical (unpaired) electrons. The Morgan fingerprint density at radius 3 is 2.93 bits per heavy atom. The Hall–Kier alpha value is -1.62. The highest BCUT2D eigenvalue weighted by molar-refractivity contribution is 7.71. The first-order valence-electron chi connectivity index (χ1n) is 4.34. The van der Waals surface area contributed by atoms with E-state index in [0.29, 0.717) is 16.7 Å². The maximum atomic E-state index is 11.4. The summed E-state index contributed by atoms with van der Waals surface area (Å²) in [5.41, 5.74) is 2.54. The number of benzene rings is 1. The molecular formula is C10H9NO3S. The number of oxazole rings is 1. The number of nitrogens with one attached hydrogen (secondary N) is 1. The summed E-state index contributed by atoms with van der Waals surface area (Å²) in [6.07, 6.45) is 0. The van der Waals surface area contributed by atoms with Crippen LogP contribution in [0, 0.1) is 11.8 Å². The average Bonchev–Trinajstić information content (AvgIpc) is 2.60. The lowest BCUT2D eigenvalue weighted by atomic mass is 10.1. The van der Waals surface area contributed by atoms with Gasteiger partial charge in [-0.3, -0.25) is 0 Å². The van der Waals surface area contributed by atoms with E-state index in [1.54, 1.807) is 12.1 Å². The van der Waals surface area contributed by atoms with Crippen molar-refractivity contribution in [2.24, 2.45) is 0 Å². The van der Waals surface area contributed by atoms with E-state index < -0.39 is 5.97 Å². The number of rotatable bonds is 1. The summed E-state index contributed by atoms with van der Waals surface area (Å²) in [5, 5.41) is 0. The van der Waals surface area contributed by atoms with Gasteiger partial charge < -0.3 is 14.1 Å². The van der Waals surface area contributed by atoms with Crippen LogP contribution in [0.15, 0.2) is 16.5 Å². The molecule has 0 unspecified atom stereocenters. The molecule has 0 saturated carbocycles. The number of carbonyl (C=O) groups is 1. The minimum atomic E-state index is -0.410. The molecule has 1 aromatic heterocycles. The number of carbonyl (C=O) groups excluding carboxylic acids is 1. The third-order valence-electron chi connectivity index (χ3n) is 2.18. The van der Waals surface area contributed by atoms with Gasteiger partial charge >= 0.3 is 5.97 Å². The first-order valence-corrected chi connectivity index (χ1v) is 4.75. The van der Waals surface area contributed by atoms with Crippen molar-refractivity contribution in [1.29, 1.82) is 0 Å². The van der Waals surface area contributed by atoms with Crippen LogP contribution in [0.4, 0.5) is 0 Å². The van der Waals surface area contributed by atoms with E-state index in [1.807, 2.05) is 6.92 Å². The Morgan fingerprint density at radius 1 is 1.53 bits per heavy atom. The third-order valence-corrected chi connectivity index (χ3v) is 2.37. The van der Waals surface area contributed by atoms with Gasteiger partial charge in [-0.15, -0.1) is 0 Å². The highest BCUT2D eigenvalue weighted by atomic mass is 32.1. The van der Waals surface area contributed by atoms with Gasteiger partial charge in [0.1, 0.15) is 0 Å². The lowest BCUT2D eigenvalue weighted by Gasteiger charge is -2.00. The van der Waals surface area contributed by atoms with E-state index >= 15 is 0 Å². The quantitative estimate of drug-likeness (QED) is 0.596. The summed E-state index contributed by atoms with van der Waals surface area (Å²) in [5.74, 6) is -0.410. The molecule has 0 bridgehead atoms. The van der Waals surface area contributed by atoms with Crippen molar-refractivity contribution in [3.8, 4) is 0 Å². The maximum absolute atomic E-state index is 11.4. The molecule has 0 spiro atoms. The van der Waals surface area contributed by atoms with Crippen molar-refractivity contribution >= 4 is 29.3 Å². The molecule has 0 saturated heterocycles. The van der Waals surface area contributed by atoms with E-state index in [1.165, 1.54) is 7.11 Å². The summed E-state index contributed by atoms with van der Waals surface area (Å²) in [6.45, 7) is 1.88. The fourth-order valence-corrected chi connectivity index (χ4v) is 1.63. The van der Waals surface area contributed by atoms with Crippen molar-refractivity contribution in [3.63, 3.8) is 0 Å². The van der Waals surface area contributed by atoms with Gasteiger partial charge in [0.2, 0.25) is 0 Å². The second-order valence-corrected chi connectivity index (χ2v) is 3.51. The highest BCUT2D eigenvalue weighted by Crippen LogP contribution is 2.22. The summed E-state index contributed by atoms with van der Waals surface area (Å²) in [7, 11) is 1.34. The van der Waals surface area contributed by atoms with E-state index in [4.69, 9.17) is 16.6 Å². The summed E-state index contributed by atoms with van der Waals surface area (Å²) < 4.78 is 9.94. The van der Waals surface area contributed by atoms with E-state index in [0.717, 1.165) is 5.56 Å². The molecule has 1 heterocycles. The number of ether oxygens (including phenoxy) is 1. The van der Waals surface area contributed by atoms with Crippen LogP contribution in [-0.2, 0) is 4.74 Å². The Morgan fingerprint density at radius 2 is 2.27 bits per heavy atom. The predicted molar refractivity (Wildman–Crippen MR) is 57.5 cm³/mol. The lowest BCUT2D eigenvalue weighted by Crippen LogP contribution is -2.02. The molecule has 1 N–H and O–H groups in total. The van der Waals surface area contributed by atoms with Crippen LogP contribution in [0.1, 0.15) is 15.9 Å². The van der Waals surface area contributed by atoms with Crippen LogP contribution in [0.2, 0.25) is 0 Å². The first-order chi connectivity index (χ1) is 7.13. The zero-order chi connectivity index (χ0) is 11.0. The molecule has 15 heavy (non-hydrogen) atoms. The molecule has 0 fully saturated rings. The predicted octanol–water partition coefficient (Wildman–Crippen LogP) is 2.59. The topological polar surface area (TPSA) is 55.2 Å². The summed E-state index contributed by atoms with van der Waals surface area (Å²) in [6, 6.07) is 3.48. The Bertz CT molecular complexity index is 582. The zero-order valence-corrected chi connectivity index (χ0v) is 9.10. The van der Waals surface area contributed by atoms with Gasteiger partial charge in [-0.2, -0.15) is 0 Å². The van der Waals surface area contributed by atoms with Gasteiger partial charge in [0.05, 0.1) is 18.2 Å². The lowest BCUT2D eigenvalue weighted by molar-refractivity contribution is 0.0603. The Kier molecular flexibility index (Phi) is 2.32. The molecule has 0 amide bonds. The van der Waals surface area contributed by atoms with Gasteiger partial charge in [-0.1, -0.05) is 6.07 Å². The van der Waals surface area contributed by atoms with Crippen molar-refractivity contribution in [3.05, 3.63) is 28.1 Å². The van der Waals surface area contributed by atoms with Gasteiger partial charge in [0, 0.05) is 0 Å². The Balaban J connectivity index is 2.82. The molecule has 1 aromatic carbocycles. The van der Waals surface area contributed by atoms with Gasteiger partial charge in [-0.25, -0.2) is 4.79 Å². The van der Waals surface area contributed by atoms with Crippen LogP contribution in [0.5, 0.6) is 0 Å². The molecule has 0 aliphatic rings. The molecule has 5 heteroatoms. The van der Waals surface area contributed by atoms with Crippen molar-refractivity contribution in [2.45, 2.75) is 6.92 Å². The number of esters is 1. The standard InChI is InChI=1S/C10H9NO3S/c1-5-3-4-6(9(12)13-2)7-8(5)14-10(15)11-7/h3-4H,1-2H3,(H,11,15). The van der Waals surface area contributed by atoms with E-state index in [-0.39, 0.29) is 4.84 Å². The number of methoxy groups -OCH3 is 1. The minimum absolute atomic E-state index is 0.254. The molecule has 0 aliphatic carbocycles. The maximum Gasteiger partial charge on any atom is 0.340 e. The Labute approximate surface area is 90.9 Å².